The number of nitrogens with one attached hydrogen (secondary N) is 1. The van der Waals surface area contributed by atoms with Crippen molar-refractivity contribution in [1.29, 1.82) is 0 Å². The summed E-state index contributed by atoms with van der Waals surface area (Å²) in [7, 11) is 0. The third-order valence-electron chi connectivity index (χ3n) is 2.84. The van der Waals surface area contributed by atoms with Crippen molar-refractivity contribution in [2.24, 2.45) is 8.73 Å². The molecule has 108 valence electrons. The standard InChI is InChI=1S/C13H7Cl3FN3S/c14-7-1-6(2-8(17)3-7)5-18-11-9(15)4-10(16)12-13(11)20-21-19-12/h1-4,18H,5H2. The van der Waals surface area contributed by atoms with Crippen molar-refractivity contribution >= 4 is 63.2 Å². The van der Waals surface area contributed by atoms with Gasteiger partial charge in [0.1, 0.15) is 17.2 Å². The lowest BCUT2D eigenvalue weighted by Crippen LogP contribution is -2.01. The zero-order valence-corrected chi connectivity index (χ0v) is 13.4. The van der Waals surface area contributed by atoms with Gasteiger partial charge >= 0.3 is 0 Å². The van der Waals surface area contributed by atoms with E-state index in [-0.39, 0.29) is 5.82 Å². The molecule has 0 radical (unpaired) electrons. The molecule has 0 aliphatic carbocycles. The monoisotopic (exact) mass is 361 g/mol. The van der Waals surface area contributed by atoms with Gasteiger partial charge in [0.15, 0.2) is 0 Å². The molecule has 0 saturated heterocycles. The molecule has 3 nitrogen and oxygen atoms in total. The van der Waals surface area contributed by atoms with E-state index in [2.05, 4.69) is 14.0 Å². The van der Waals surface area contributed by atoms with E-state index in [0.717, 1.165) is 11.4 Å². The second-order valence-corrected chi connectivity index (χ2v) is 6.09. The van der Waals surface area contributed by atoms with Crippen molar-refractivity contribution in [2.45, 2.75) is 6.54 Å². The van der Waals surface area contributed by atoms with Crippen LogP contribution in [0.3, 0.4) is 0 Å². The molecule has 2 aromatic carbocycles. The van der Waals surface area contributed by atoms with Gasteiger partial charge in [-0.1, -0.05) is 34.8 Å². The molecule has 1 aliphatic heterocycles. The van der Waals surface area contributed by atoms with Crippen molar-refractivity contribution < 1.29 is 4.39 Å². The maximum atomic E-state index is 13.3. The Morgan fingerprint density at radius 1 is 1.00 bits per heavy atom. The first-order chi connectivity index (χ1) is 10.0. The van der Waals surface area contributed by atoms with Crippen LogP contribution >= 0.6 is 34.8 Å². The molecule has 1 N–H and O–H groups in total. The number of halogens is 4. The van der Waals surface area contributed by atoms with E-state index in [1.165, 1.54) is 12.1 Å². The van der Waals surface area contributed by atoms with Crippen molar-refractivity contribution in [2.75, 3.05) is 5.32 Å². The summed E-state index contributed by atoms with van der Waals surface area (Å²) < 4.78 is 21.6. The van der Waals surface area contributed by atoms with Gasteiger partial charge in [-0.2, -0.15) is 8.73 Å². The number of nitrogens with zero attached hydrogens (tertiary/aromatic N) is 2. The van der Waals surface area contributed by atoms with E-state index < -0.39 is 0 Å². The number of hydrogen-bond donors (Lipinski definition) is 1. The Hall–Kier alpha value is -1.14. The topological polar surface area (TPSA) is 36.8 Å². The normalized spacial score (nSPS) is 12.2. The van der Waals surface area contributed by atoms with E-state index in [0.29, 0.717) is 44.2 Å². The lowest BCUT2D eigenvalue weighted by molar-refractivity contribution is 0.626. The van der Waals surface area contributed by atoms with Crippen molar-refractivity contribution in [1.82, 2.24) is 0 Å². The lowest BCUT2D eigenvalue weighted by atomic mass is 10.2. The molecular formula is C13H7Cl3FN3S. The Labute approximate surface area is 138 Å². The van der Waals surface area contributed by atoms with Crippen LogP contribution in [0.4, 0.5) is 21.5 Å². The van der Waals surface area contributed by atoms with Gasteiger partial charge in [-0.05, 0) is 29.8 Å². The summed E-state index contributed by atoms with van der Waals surface area (Å²) in [6, 6.07) is 5.94. The van der Waals surface area contributed by atoms with Crippen LogP contribution in [-0.4, -0.2) is 0 Å². The van der Waals surface area contributed by atoms with Crippen LogP contribution in [-0.2, 0) is 17.9 Å². The Bertz CT molecular complexity index is 783. The third-order valence-corrected chi connectivity index (χ3v) is 4.17. The van der Waals surface area contributed by atoms with Crippen LogP contribution < -0.4 is 5.32 Å². The van der Waals surface area contributed by atoms with E-state index in [9.17, 15) is 4.39 Å². The van der Waals surface area contributed by atoms with Crippen LogP contribution in [0.1, 0.15) is 5.56 Å². The molecule has 3 rings (SSSR count). The van der Waals surface area contributed by atoms with Crippen LogP contribution in [0.2, 0.25) is 15.1 Å². The van der Waals surface area contributed by atoms with Gasteiger partial charge in [-0.3, -0.25) is 0 Å². The highest BCUT2D eigenvalue weighted by Gasteiger charge is 2.18. The highest BCUT2D eigenvalue weighted by atomic mass is 35.5. The molecule has 0 spiro atoms. The molecule has 21 heavy (non-hydrogen) atoms. The third kappa shape index (κ3) is 3.06. The predicted molar refractivity (Wildman–Crippen MR) is 86.7 cm³/mol. The summed E-state index contributed by atoms with van der Waals surface area (Å²) in [5.41, 5.74) is 2.50. The number of fused-ring (bicyclic) bond motifs is 1. The molecule has 0 fully saturated rings. The Morgan fingerprint density at radius 2 is 1.76 bits per heavy atom. The quantitative estimate of drug-likeness (QED) is 0.598. The van der Waals surface area contributed by atoms with E-state index >= 15 is 0 Å². The number of rotatable bonds is 3. The van der Waals surface area contributed by atoms with Gasteiger partial charge in [-0.15, -0.1) is 0 Å². The smallest absolute Gasteiger partial charge is 0.130 e. The van der Waals surface area contributed by atoms with Crippen LogP contribution in [0, 0.1) is 5.82 Å². The summed E-state index contributed by atoms with van der Waals surface area (Å²) in [5, 5.41) is 4.35. The number of benzene rings is 2. The van der Waals surface area contributed by atoms with Crippen LogP contribution in [0.15, 0.2) is 33.0 Å². The number of hydrogen-bond acceptors (Lipinski definition) is 3. The van der Waals surface area contributed by atoms with Crippen LogP contribution in [0.25, 0.3) is 0 Å². The molecular weight excluding hydrogens is 356 g/mol. The van der Waals surface area contributed by atoms with Crippen molar-refractivity contribution in [3.8, 4) is 0 Å². The summed E-state index contributed by atoms with van der Waals surface area (Å²) in [6.07, 6.45) is 0. The zero-order valence-electron chi connectivity index (χ0n) is 10.3. The van der Waals surface area contributed by atoms with Gasteiger partial charge in [0.2, 0.25) is 0 Å². The average molecular weight is 363 g/mol. The van der Waals surface area contributed by atoms with Gasteiger partial charge < -0.3 is 5.32 Å². The minimum atomic E-state index is -0.387. The maximum Gasteiger partial charge on any atom is 0.130 e. The fraction of sp³-hybridized carbons (Fsp3) is 0.0769. The molecule has 0 bridgehead atoms. The molecule has 1 heterocycles. The van der Waals surface area contributed by atoms with E-state index in [1.807, 2.05) is 0 Å². The summed E-state index contributed by atoms with van der Waals surface area (Å²) in [5.74, 6) is -0.387. The molecule has 1 aliphatic rings. The molecule has 8 heteroatoms. The summed E-state index contributed by atoms with van der Waals surface area (Å²) in [6.45, 7) is 0.353. The zero-order chi connectivity index (χ0) is 15.0. The van der Waals surface area contributed by atoms with Gasteiger partial charge in [0, 0.05) is 11.6 Å². The Balaban J connectivity index is 1.90. The second-order valence-electron chi connectivity index (χ2n) is 4.31. The minimum Gasteiger partial charge on any atom is -0.378 e. The average Bonchev–Trinajstić information content (AvgIpc) is 2.86. The highest BCUT2D eigenvalue weighted by molar-refractivity contribution is 7.58. The Morgan fingerprint density at radius 3 is 2.52 bits per heavy atom. The SMILES string of the molecule is Fc1cc(Cl)cc(CNc2c(Cl)cc(Cl)c3c2N=S=N3)c1. The summed E-state index contributed by atoms with van der Waals surface area (Å²) in [4.78, 5) is 0. The van der Waals surface area contributed by atoms with Crippen LogP contribution in [0.5, 0.6) is 0 Å². The first-order valence-electron chi connectivity index (χ1n) is 5.83. The first kappa shape index (κ1) is 14.8. The minimum absolute atomic E-state index is 0.342. The maximum absolute atomic E-state index is 13.3. The molecule has 0 aromatic heterocycles. The van der Waals surface area contributed by atoms with Gasteiger partial charge in [0.25, 0.3) is 0 Å². The molecule has 2 aromatic rings. The second kappa shape index (κ2) is 5.93. The lowest BCUT2D eigenvalue weighted by Gasteiger charge is -2.12. The summed E-state index contributed by atoms with van der Waals surface area (Å²) >= 11 is 19.1. The van der Waals surface area contributed by atoms with E-state index in [1.54, 1.807) is 12.1 Å². The van der Waals surface area contributed by atoms with Crippen molar-refractivity contribution in [3.63, 3.8) is 0 Å². The molecule has 0 unspecified atom stereocenters. The molecule has 0 atom stereocenters. The van der Waals surface area contributed by atoms with Gasteiger partial charge in [-0.25, -0.2) is 4.39 Å². The highest BCUT2D eigenvalue weighted by Crippen LogP contribution is 2.47. The fourth-order valence-corrected chi connectivity index (χ4v) is 3.37. The largest absolute Gasteiger partial charge is 0.378 e. The van der Waals surface area contributed by atoms with E-state index in [4.69, 9.17) is 34.8 Å². The predicted octanol–water partition coefficient (Wildman–Crippen LogP) is 6.12. The van der Waals surface area contributed by atoms with Gasteiger partial charge in [0.05, 0.1) is 27.1 Å². The molecule has 0 saturated carbocycles. The number of anilines is 1. The molecule has 0 amide bonds. The fourth-order valence-electron chi connectivity index (χ4n) is 1.95. The first-order valence-corrected chi connectivity index (χ1v) is 7.70. The van der Waals surface area contributed by atoms with Crippen molar-refractivity contribution in [3.05, 3.63) is 50.7 Å². The Kier molecular flexibility index (Phi) is 4.17.